The molecule has 0 saturated carbocycles. The molecule has 3 rings (SSSR count). The Labute approximate surface area is 178 Å². The van der Waals surface area contributed by atoms with E-state index in [0.717, 1.165) is 44.0 Å². The van der Waals surface area contributed by atoms with Crippen molar-refractivity contribution >= 4 is 21.6 Å². The Morgan fingerprint density at radius 1 is 1.00 bits per heavy atom. The zero-order valence-electron chi connectivity index (χ0n) is 16.7. The Morgan fingerprint density at radius 3 is 2.31 bits per heavy atom. The highest BCUT2D eigenvalue weighted by Gasteiger charge is 2.14. The molecule has 1 heterocycles. The summed E-state index contributed by atoms with van der Waals surface area (Å²) in [6.45, 7) is 6.32. The van der Waals surface area contributed by atoms with E-state index in [2.05, 4.69) is 21.6 Å². The van der Waals surface area contributed by atoms with Gasteiger partial charge in [0.2, 0.25) is 10.0 Å². The largest absolute Gasteiger partial charge is 0.492 e. The van der Waals surface area contributed by atoms with Crippen LogP contribution >= 0.6 is 11.6 Å². The van der Waals surface area contributed by atoms with E-state index in [4.69, 9.17) is 16.3 Å². The number of hydrogen-bond acceptors (Lipinski definition) is 5. The van der Waals surface area contributed by atoms with Crippen molar-refractivity contribution < 1.29 is 13.2 Å². The number of nitrogens with zero attached hydrogens (tertiary/aromatic N) is 2. The van der Waals surface area contributed by atoms with Crippen LogP contribution < -0.4 is 9.46 Å². The number of likely N-dealkylation sites (N-methyl/N-ethyl adjacent to an activating group) is 1. The lowest BCUT2D eigenvalue weighted by atomic mass is 10.1. The van der Waals surface area contributed by atoms with E-state index in [9.17, 15) is 8.42 Å². The van der Waals surface area contributed by atoms with Crippen molar-refractivity contribution in [2.45, 2.75) is 11.3 Å². The van der Waals surface area contributed by atoms with E-state index in [-0.39, 0.29) is 4.90 Å². The van der Waals surface area contributed by atoms with Gasteiger partial charge >= 0.3 is 0 Å². The molecule has 0 aromatic heterocycles. The molecule has 29 heavy (non-hydrogen) atoms. The predicted octanol–water partition coefficient (Wildman–Crippen LogP) is 2.49. The highest BCUT2D eigenvalue weighted by Crippen LogP contribution is 2.15. The average Bonchev–Trinajstić information content (AvgIpc) is 2.71. The van der Waals surface area contributed by atoms with E-state index in [1.807, 2.05) is 24.3 Å². The van der Waals surface area contributed by atoms with E-state index in [1.165, 1.54) is 12.1 Å². The number of sulfonamides is 1. The number of halogens is 1. The molecule has 2 aromatic carbocycles. The first kappa shape index (κ1) is 22.1. The van der Waals surface area contributed by atoms with Gasteiger partial charge in [-0.3, -0.25) is 4.90 Å². The summed E-state index contributed by atoms with van der Waals surface area (Å²) in [6, 6.07) is 14.0. The molecule has 6 nitrogen and oxygen atoms in total. The van der Waals surface area contributed by atoms with Crippen molar-refractivity contribution in [3.8, 4) is 5.75 Å². The normalized spacial score (nSPS) is 16.1. The van der Waals surface area contributed by atoms with E-state index in [0.29, 0.717) is 24.6 Å². The van der Waals surface area contributed by atoms with E-state index in [1.54, 1.807) is 12.1 Å². The number of hydrogen-bond donors (Lipinski definition) is 1. The van der Waals surface area contributed by atoms with Gasteiger partial charge in [-0.1, -0.05) is 23.7 Å². The summed E-state index contributed by atoms with van der Waals surface area (Å²) in [4.78, 5) is 4.97. The Balaban J connectivity index is 1.39. The summed E-state index contributed by atoms with van der Waals surface area (Å²) in [6.07, 6.45) is 0.606. The minimum absolute atomic E-state index is 0.214. The lowest BCUT2D eigenvalue weighted by Crippen LogP contribution is -2.45. The standard InChI is InChI=1S/C21H28ClN3O3S/c1-24-12-14-25(15-13-24)16-17-28-20-6-2-18(3-7-20)10-11-23-29(26,27)21-8-4-19(22)5-9-21/h2-9,23H,10-17H2,1H3. The molecular weight excluding hydrogens is 410 g/mol. The Kier molecular flexibility index (Phi) is 7.91. The van der Waals surface area contributed by atoms with Crippen molar-refractivity contribution in [2.75, 3.05) is 52.9 Å². The van der Waals surface area contributed by atoms with Gasteiger partial charge in [-0.15, -0.1) is 0 Å². The zero-order valence-corrected chi connectivity index (χ0v) is 18.3. The van der Waals surface area contributed by atoms with Crippen LogP contribution in [-0.4, -0.2) is 71.1 Å². The molecular formula is C21H28ClN3O3S. The molecule has 0 bridgehead atoms. The predicted molar refractivity (Wildman–Crippen MR) is 116 cm³/mol. The van der Waals surface area contributed by atoms with Gasteiger partial charge in [0.05, 0.1) is 4.90 Å². The first-order valence-corrected chi connectivity index (χ1v) is 11.7. The molecule has 0 aliphatic carbocycles. The first-order valence-electron chi connectivity index (χ1n) is 9.80. The van der Waals surface area contributed by atoms with Crippen LogP contribution in [0.25, 0.3) is 0 Å². The first-order chi connectivity index (χ1) is 13.9. The maximum absolute atomic E-state index is 12.3. The molecule has 0 spiro atoms. The fourth-order valence-corrected chi connectivity index (χ4v) is 4.30. The second-order valence-corrected chi connectivity index (χ2v) is 9.44. The van der Waals surface area contributed by atoms with Crippen molar-refractivity contribution in [1.82, 2.24) is 14.5 Å². The summed E-state index contributed by atoms with van der Waals surface area (Å²) >= 11 is 5.81. The minimum atomic E-state index is -3.52. The molecule has 1 N–H and O–H groups in total. The Hall–Kier alpha value is -1.64. The molecule has 158 valence electrons. The Morgan fingerprint density at radius 2 is 1.66 bits per heavy atom. The fourth-order valence-electron chi connectivity index (χ4n) is 3.14. The molecule has 1 aliphatic heterocycles. The van der Waals surface area contributed by atoms with Gasteiger partial charge in [-0.25, -0.2) is 13.1 Å². The lowest BCUT2D eigenvalue weighted by Gasteiger charge is -2.32. The molecule has 8 heteroatoms. The highest BCUT2D eigenvalue weighted by molar-refractivity contribution is 7.89. The maximum atomic E-state index is 12.3. The van der Waals surface area contributed by atoms with Gasteiger partial charge in [0.15, 0.2) is 0 Å². The van der Waals surface area contributed by atoms with Crippen LogP contribution in [0.4, 0.5) is 0 Å². The topological polar surface area (TPSA) is 61.9 Å². The minimum Gasteiger partial charge on any atom is -0.492 e. The quantitative estimate of drug-likeness (QED) is 0.653. The second kappa shape index (κ2) is 10.4. The van der Waals surface area contributed by atoms with Crippen LogP contribution in [0.2, 0.25) is 5.02 Å². The van der Waals surface area contributed by atoms with Gasteiger partial charge in [0.1, 0.15) is 12.4 Å². The number of nitrogens with one attached hydrogen (secondary N) is 1. The van der Waals surface area contributed by atoms with Crippen LogP contribution in [0.1, 0.15) is 5.56 Å². The van der Waals surface area contributed by atoms with Gasteiger partial charge in [-0.2, -0.15) is 0 Å². The number of piperazine rings is 1. The highest BCUT2D eigenvalue weighted by atomic mass is 35.5. The maximum Gasteiger partial charge on any atom is 0.240 e. The average molecular weight is 438 g/mol. The van der Waals surface area contributed by atoms with Gasteiger partial charge in [0.25, 0.3) is 0 Å². The fraction of sp³-hybridized carbons (Fsp3) is 0.429. The number of ether oxygens (including phenoxy) is 1. The Bertz CT molecular complexity index is 865. The summed E-state index contributed by atoms with van der Waals surface area (Å²) in [5.74, 6) is 0.838. The summed E-state index contributed by atoms with van der Waals surface area (Å²) in [5.41, 5.74) is 1.05. The molecule has 2 aromatic rings. The smallest absolute Gasteiger partial charge is 0.240 e. The van der Waals surface area contributed by atoms with Gasteiger partial charge in [0, 0.05) is 44.3 Å². The number of rotatable bonds is 9. The van der Waals surface area contributed by atoms with Crippen molar-refractivity contribution in [2.24, 2.45) is 0 Å². The SMILES string of the molecule is CN1CCN(CCOc2ccc(CCNS(=O)(=O)c3ccc(Cl)cc3)cc2)CC1. The van der Waals surface area contributed by atoms with Gasteiger partial charge < -0.3 is 9.64 Å². The molecule has 0 radical (unpaired) electrons. The summed E-state index contributed by atoms with van der Waals surface area (Å²) < 4.78 is 33.0. The lowest BCUT2D eigenvalue weighted by molar-refractivity contribution is 0.134. The van der Waals surface area contributed by atoms with Crippen LogP contribution in [-0.2, 0) is 16.4 Å². The third-order valence-electron chi connectivity index (χ3n) is 5.03. The summed E-state index contributed by atoms with van der Waals surface area (Å²) in [5, 5.41) is 0.509. The third-order valence-corrected chi connectivity index (χ3v) is 6.75. The molecule has 1 aliphatic rings. The monoisotopic (exact) mass is 437 g/mol. The zero-order chi connectivity index (χ0) is 20.7. The molecule has 1 fully saturated rings. The second-order valence-electron chi connectivity index (χ2n) is 7.24. The van der Waals surface area contributed by atoms with Crippen molar-refractivity contribution in [1.29, 1.82) is 0 Å². The molecule has 1 saturated heterocycles. The van der Waals surface area contributed by atoms with Crippen LogP contribution in [0.5, 0.6) is 5.75 Å². The molecule has 0 unspecified atom stereocenters. The summed E-state index contributed by atoms with van der Waals surface area (Å²) in [7, 11) is -1.37. The molecule has 0 amide bonds. The van der Waals surface area contributed by atoms with Crippen molar-refractivity contribution in [3.05, 3.63) is 59.1 Å². The number of benzene rings is 2. The van der Waals surface area contributed by atoms with Gasteiger partial charge in [-0.05, 0) is 55.4 Å². The van der Waals surface area contributed by atoms with Crippen LogP contribution in [0.3, 0.4) is 0 Å². The van der Waals surface area contributed by atoms with Crippen LogP contribution in [0.15, 0.2) is 53.4 Å². The molecule has 0 atom stereocenters. The third kappa shape index (κ3) is 6.97. The van der Waals surface area contributed by atoms with Crippen LogP contribution in [0, 0.1) is 0 Å². The van der Waals surface area contributed by atoms with E-state index < -0.39 is 10.0 Å². The van der Waals surface area contributed by atoms with E-state index >= 15 is 0 Å². The van der Waals surface area contributed by atoms with Crippen molar-refractivity contribution in [3.63, 3.8) is 0 Å².